The number of benzene rings is 8. The zero-order valence-electron chi connectivity index (χ0n) is 29.3. The predicted molar refractivity (Wildman–Crippen MR) is 225 cm³/mol. The molecular formula is C50H32N4. The standard InChI is InChI=1S/C50H32N4/c1-3-14-33(15-4-1)34-26-28-37(29-27-34)53-43-24-11-7-20-39(43)47-45(53)30-31-46-48(47)40-21-8-12-25-44(40)54(46)38-19-13-18-36(32-38)50-49(35-16-5-2-6-17-35)51-41-22-9-10-23-42(41)52-50/h1-32H. The van der Waals surface area contributed by atoms with Gasteiger partial charge in [-0.2, -0.15) is 0 Å². The Balaban J connectivity index is 1.14. The molecule has 54 heavy (non-hydrogen) atoms. The first kappa shape index (κ1) is 30.3. The smallest absolute Gasteiger partial charge is 0.0973 e. The highest BCUT2D eigenvalue weighted by Crippen LogP contribution is 2.43. The third-order valence-electron chi connectivity index (χ3n) is 10.7. The van der Waals surface area contributed by atoms with Crippen molar-refractivity contribution in [2.24, 2.45) is 0 Å². The van der Waals surface area contributed by atoms with Crippen LogP contribution in [-0.4, -0.2) is 19.1 Å². The van der Waals surface area contributed by atoms with Crippen LogP contribution < -0.4 is 0 Å². The van der Waals surface area contributed by atoms with Crippen LogP contribution in [0, 0.1) is 0 Å². The van der Waals surface area contributed by atoms with Gasteiger partial charge in [0.05, 0.1) is 44.5 Å². The summed E-state index contributed by atoms with van der Waals surface area (Å²) in [5.74, 6) is 0. The molecule has 0 N–H and O–H groups in total. The molecule has 8 aromatic carbocycles. The summed E-state index contributed by atoms with van der Waals surface area (Å²) in [4.78, 5) is 10.4. The summed E-state index contributed by atoms with van der Waals surface area (Å²) in [6.07, 6.45) is 0. The lowest BCUT2D eigenvalue weighted by molar-refractivity contribution is 1.17. The van der Waals surface area contributed by atoms with Crippen molar-refractivity contribution in [3.05, 3.63) is 194 Å². The van der Waals surface area contributed by atoms with Crippen molar-refractivity contribution < 1.29 is 0 Å². The molecule has 0 bridgehead atoms. The third-order valence-corrected chi connectivity index (χ3v) is 10.7. The van der Waals surface area contributed by atoms with Gasteiger partial charge in [-0.1, -0.05) is 133 Å². The van der Waals surface area contributed by atoms with Gasteiger partial charge in [-0.05, 0) is 71.8 Å². The minimum Gasteiger partial charge on any atom is -0.309 e. The summed E-state index contributed by atoms with van der Waals surface area (Å²) in [5, 5.41) is 4.97. The molecule has 0 radical (unpaired) electrons. The van der Waals surface area contributed by atoms with Gasteiger partial charge in [0.1, 0.15) is 0 Å². The molecule has 0 unspecified atom stereocenters. The molecule has 0 aliphatic heterocycles. The fourth-order valence-corrected chi connectivity index (χ4v) is 8.30. The Morgan fingerprint density at radius 1 is 0.296 bits per heavy atom. The molecule has 0 saturated heterocycles. The lowest BCUT2D eigenvalue weighted by Gasteiger charge is -2.13. The van der Waals surface area contributed by atoms with E-state index in [2.05, 4.69) is 173 Å². The van der Waals surface area contributed by atoms with Crippen LogP contribution in [0.1, 0.15) is 0 Å². The normalized spacial score (nSPS) is 11.7. The summed E-state index contributed by atoms with van der Waals surface area (Å²) in [6.45, 7) is 0. The summed E-state index contributed by atoms with van der Waals surface area (Å²) in [6, 6.07) is 68.9. The van der Waals surface area contributed by atoms with E-state index in [1.165, 1.54) is 43.7 Å². The van der Waals surface area contributed by atoms with E-state index in [1.54, 1.807) is 0 Å². The fourth-order valence-electron chi connectivity index (χ4n) is 8.30. The van der Waals surface area contributed by atoms with Crippen molar-refractivity contribution in [2.45, 2.75) is 0 Å². The van der Waals surface area contributed by atoms with Gasteiger partial charge in [0.2, 0.25) is 0 Å². The van der Waals surface area contributed by atoms with Gasteiger partial charge in [-0.15, -0.1) is 0 Å². The van der Waals surface area contributed by atoms with Crippen LogP contribution in [0.2, 0.25) is 0 Å². The molecular weight excluding hydrogens is 657 g/mol. The van der Waals surface area contributed by atoms with Gasteiger partial charge in [0, 0.05) is 44.0 Å². The molecule has 0 saturated carbocycles. The average Bonchev–Trinajstić information content (AvgIpc) is 3.77. The average molecular weight is 689 g/mol. The predicted octanol–water partition coefficient (Wildman–Crippen LogP) is 12.8. The monoisotopic (exact) mass is 688 g/mol. The maximum absolute atomic E-state index is 5.22. The maximum Gasteiger partial charge on any atom is 0.0973 e. The van der Waals surface area contributed by atoms with Gasteiger partial charge in [0.25, 0.3) is 0 Å². The van der Waals surface area contributed by atoms with Crippen LogP contribution in [0.3, 0.4) is 0 Å². The van der Waals surface area contributed by atoms with Crippen molar-refractivity contribution in [3.8, 4) is 45.0 Å². The molecule has 0 amide bonds. The van der Waals surface area contributed by atoms with E-state index in [0.29, 0.717) is 0 Å². The van der Waals surface area contributed by atoms with Crippen LogP contribution >= 0.6 is 0 Å². The molecule has 3 heterocycles. The molecule has 0 aliphatic carbocycles. The quantitative estimate of drug-likeness (QED) is 0.180. The molecule has 0 atom stereocenters. The SMILES string of the molecule is c1ccc(-c2ccc(-n3c4ccccc4c4c5c6ccccc6n(-c6cccc(-c7nc8ccccc8nc7-c7ccccc7)c6)c5ccc43)cc2)cc1. The minimum absolute atomic E-state index is 0.867. The van der Waals surface area contributed by atoms with Gasteiger partial charge in [-0.3, -0.25) is 0 Å². The van der Waals surface area contributed by atoms with Crippen molar-refractivity contribution in [3.63, 3.8) is 0 Å². The highest BCUT2D eigenvalue weighted by Gasteiger charge is 2.21. The molecule has 11 rings (SSSR count). The summed E-state index contributed by atoms with van der Waals surface area (Å²) >= 11 is 0. The number of para-hydroxylation sites is 4. The number of aromatic nitrogens is 4. The minimum atomic E-state index is 0.867. The van der Waals surface area contributed by atoms with Gasteiger partial charge >= 0.3 is 0 Å². The zero-order valence-corrected chi connectivity index (χ0v) is 29.3. The topological polar surface area (TPSA) is 35.6 Å². The Bertz CT molecular complexity index is 3190. The molecule has 0 aliphatic rings. The second kappa shape index (κ2) is 12.1. The highest BCUT2D eigenvalue weighted by atomic mass is 15.0. The number of rotatable bonds is 5. The molecule has 0 spiro atoms. The van der Waals surface area contributed by atoms with Crippen LogP contribution in [0.15, 0.2) is 194 Å². The first-order valence-corrected chi connectivity index (χ1v) is 18.3. The van der Waals surface area contributed by atoms with Gasteiger partial charge in [-0.25, -0.2) is 9.97 Å². The Labute approximate surface area is 311 Å². The van der Waals surface area contributed by atoms with Gasteiger partial charge in [0.15, 0.2) is 0 Å². The molecule has 3 aromatic heterocycles. The van der Waals surface area contributed by atoms with Crippen LogP contribution in [0.4, 0.5) is 0 Å². The highest BCUT2D eigenvalue weighted by molar-refractivity contribution is 6.28. The number of hydrogen-bond acceptors (Lipinski definition) is 2. The largest absolute Gasteiger partial charge is 0.309 e. The molecule has 4 nitrogen and oxygen atoms in total. The van der Waals surface area contributed by atoms with E-state index >= 15 is 0 Å². The van der Waals surface area contributed by atoms with Crippen molar-refractivity contribution in [1.29, 1.82) is 0 Å². The number of nitrogens with zero attached hydrogens (tertiary/aromatic N) is 4. The fraction of sp³-hybridized carbons (Fsp3) is 0. The van der Waals surface area contributed by atoms with Crippen molar-refractivity contribution in [2.75, 3.05) is 0 Å². The molecule has 4 heteroatoms. The Hall–Kier alpha value is -7.30. The van der Waals surface area contributed by atoms with Gasteiger partial charge < -0.3 is 9.13 Å². The summed E-state index contributed by atoms with van der Waals surface area (Å²) < 4.78 is 4.82. The first-order chi connectivity index (χ1) is 26.8. The van der Waals surface area contributed by atoms with E-state index in [0.717, 1.165) is 56.0 Å². The third kappa shape index (κ3) is 4.70. The van der Waals surface area contributed by atoms with Crippen molar-refractivity contribution >= 4 is 54.6 Å². The van der Waals surface area contributed by atoms with Crippen LogP contribution in [0.5, 0.6) is 0 Å². The molecule has 252 valence electrons. The second-order valence-corrected chi connectivity index (χ2v) is 13.8. The Morgan fingerprint density at radius 3 is 1.37 bits per heavy atom. The van der Waals surface area contributed by atoms with E-state index in [-0.39, 0.29) is 0 Å². The van der Waals surface area contributed by atoms with Crippen molar-refractivity contribution in [1.82, 2.24) is 19.1 Å². The maximum atomic E-state index is 5.22. The lowest BCUT2D eigenvalue weighted by atomic mass is 10.0. The van der Waals surface area contributed by atoms with Crippen LogP contribution in [-0.2, 0) is 0 Å². The van der Waals surface area contributed by atoms with E-state index in [1.807, 2.05) is 30.3 Å². The number of hydrogen-bond donors (Lipinski definition) is 0. The van der Waals surface area contributed by atoms with E-state index in [9.17, 15) is 0 Å². The molecule has 11 aromatic rings. The van der Waals surface area contributed by atoms with E-state index in [4.69, 9.17) is 9.97 Å². The summed E-state index contributed by atoms with van der Waals surface area (Å²) in [5.41, 5.74) is 14.9. The zero-order chi connectivity index (χ0) is 35.6. The Morgan fingerprint density at radius 2 is 0.759 bits per heavy atom. The second-order valence-electron chi connectivity index (χ2n) is 13.8. The summed E-state index contributed by atoms with van der Waals surface area (Å²) in [7, 11) is 0. The first-order valence-electron chi connectivity index (χ1n) is 18.3. The number of fused-ring (bicyclic) bond motifs is 8. The Kier molecular flexibility index (Phi) is 6.82. The molecule has 0 fully saturated rings. The van der Waals surface area contributed by atoms with Crippen LogP contribution in [0.25, 0.3) is 99.7 Å². The lowest BCUT2D eigenvalue weighted by Crippen LogP contribution is -1.98. The van der Waals surface area contributed by atoms with E-state index < -0.39 is 0 Å².